The fourth-order valence-electron chi connectivity index (χ4n) is 1.05. The standard InChI is InChI=1S/C11H13NO4/c1-15-10-5-3-2-4-9(10)8-12-16-7-6-11(13)14/h2-5,8H,6-7H2,1H3,(H,13,14)/p-1/b12-8-. The van der Waals surface area contributed by atoms with Crippen molar-refractivity contribution in [3.05, 3.63) is 29.8 Å². The molecule has 5 heteroatoms. The summed E-state index contributed by atoms with van der Waals surface area (Å²) in [6.07, 6.45) is 1.29. The van der Waals surface area contributed by atoms with E-state index in [2.05, 4.69) is 5.16 Å². The van der Waals surface area contributed by atoms with E-state index in [-0.39, 0.29) is 13.0 Å². The number of carboxylic acids is 1. The fourth-order valence-corrected chi connectivity index (χ4v) is 1.05. The highest BCUT2D eigenvalue weighted by atomic mass is 16.6. The van der Waals surface area contributed by atoms with E-state index in [0.717, 1.165) is 5.56 Å². The maximum atomic E-state index is 10.1. The Morgan fingerprint density at radius 3 is 2.94 bits per heavy atom. The van der Waals surface area contributed by atoms with Gasteiger partial charge in [-0.05, 0) is 12.1 Å². The lowest BCUT2D eigenvalue weighted by Gasteiger charge is -2.03. The Morgan fingerprint density at radius 2 is 2.25 bits per heavy atom. The van der Waals surface area contributed by atoms with E-state index >= 15 is 0 Å². The molecule has 0 atom stereocenters. The highest BCUT2D eigenvalue weighted by molar-refractivity contribution is 5.82. The highest BCUT2D eigenvalue weighted by Crippen LogP contribution is 2.14. The summed E-state index contributed by atoms with van der Waals surface area (Å²) in [4.78, 5) is 14.8. The quantitative estimate of drug-likeness (QED) is 0.391. The summed E-state index contributed by atoms with van der Waals surface area (Å²) >= 11 is 0. The van der Waals surface area contributed by atoms with Crippen LogP contribution in [0.15, 0.2) is 29.4 Å². The second-order valence-corrected chi connectivity index (χ2v) is 2.93. The minimum absolute atomic E-state index is 0.00597. The van der Waals surface area contributed by atoms with E-state index in [1.54, 1.807) is 13.2 Å². The lowest BCUT2D eigenvalue weighted by molar-refractivity contribution is -0.306. The van der Waals surface area contributed by atoms with Crippen LogP contribution >= 0.6 is 0 Å². The molecule has 16 heavy (non-hydrogen) atoms. The number of hydrogen-bond donors (Lipinski definition) is 0. The Bertz CT molecular complexity index is 376. The smallest absolute Gasteiger partial charge is 0.127 e. The van der Waals surface area contributed by atoms with Gasteiger partial charge in [0.05, 0.1) is 13.3 Å². The van der Waals surface area contributed by atoms with Gasteiger partial charge in [0.2, 0.25) is 0 Å². The number of nitrogens with zero attached hydrogens (tertiary/aromatic N) is 1. The summed E-state index contributed by atoms with van der Waals surface area (Å²) in [6.45, 7) is -0.00597. The van der Waals surface area contributed by atoms with Gasteiger partial charge in [-0.3, -0.25) is 0 Å². The Labute approximate surface area is 93.3 Å². The molecule has 0 amide bonds. The molecular weight excluding hydrogens is 210 g/mol. The number of methoxy groups -OCH3 is 1. The van der Waals surface area contributed by atoms with Gasteiger partial charge in [0, 0.05) is 18.0 Å². The lowest BCUT2D eigenvalue weighted by atomic mass is 10.2. The average Bonchev–Trinajstić information content (AvgIpc) is 2.29. The number of carboxylic acid groups (broad SMARTS) is 1. The Hall–Kier alpha value is -2.04. The predicted molar refractivity (Wildman–Crippen MR) is 56.2 cm³/mol. The first kappa shape index (κ1) is 12.0. The van der Waals surface area contributed by atoms with Gasteiger partial charge in [-0.25, -0.2) is 0 Å². The van der Waals surface area contributed by atoms with Gasteiger partial charge in [-0.1, -0.05) is 17.3 Å². The van der Waals surface area contributed by atoms with Gasteiger partial charge in [0.15, 0.2) is 0 Å². The van der Waals surface area contributed by atoms with E-state index in [1.807, 2.05) is 18.2 Å². The third-order valence-corrected chi connectivity index (χ3v) is 1.80. The summed E-state index contributed by atoms with van der Waals surface area (Å²) in [5.74, 6) is -0.484. The minimum Gasteiger partial charge on any atom is -0.550 e. The van der Waals surface area contributed by atoms with Crippen LogP contribution in [0.3, 0.4) is 0 Å². The first-order valence-electron chi connectivity index (χ1n) is 4.72. The maximum absolute atomic E-state index is 10.1. The number of ether oxygens (including phenoxy) is 1. The van der Waals surface area contributed by atoms with Crippen molar-refractivity contribution in [2.75, 3.05) is 13.7 Å². The Kier molecular flexibility index (Phi) is 4.85. The van der Waals surface area contributed by atoms with Crippen molar-refractivity contribution in [3.63, 3.8) is 0 Å². The molecule has 0 N–H and O–H groups in total. The molecule has 0 fully saturated rings. The van der Waals surface area contributed by atoms with E-state index in [0.29, 0.717) is 5.75 Å². The van der Waals surface area contributed by atoms with Crippen LogP contribution in [0.4, 0.5) is 0 Å². The maximum Gasteiger partial charge on any atom is 0.127 e. The first-order chi connectivity index (χ1) is 7.74. The molecular formula is C11H12NO4-. The molecule has 0 heterocycles. The van der Waals surface area contributed by atoms with Gasteiger partial charge in [-0.15, -0.1) is 0 Å². The number of rotatable bonds is 6. The normalized spacial score (nSPS) is 10.3. The molecule has 1 aromatic rings. The van der Waals surface area contributed by atoms with E-state index in [9.17, 15) is 9.90 Å². The van der Waals surface area contributed by atoms with Crippen LogP contribution in [0, 0.1) is 0 Å². The molecule has 0 saturated carbocycles. The number of aliphatic carboxylic acids is 1. The number of para-hydroxylation sites is 1. The van der Waals surface area contributed by atoms with Crippen molar-refractivity contribution in [1.29, 1.82) is 0 Å². The first-order valence-corrected chi connectivity index (χ1v) is 4.72. The van der Waals surface area contributed by atoms with Crippen molar-refractivity contribution in [2.45, 2.75) is 6.42 Å². The molecule has 0 unspecified atom stereocenters. The summed E-state index contributed by atoms with van der Waals surface area (Å²) in [6, 6.07) is 7.28. The van der Waals surface area contributed by atoms with Gasteiger partial charge >= 0.3 is 0 Å². The van der Waals surface area contributed by atoms with Crippen molar-refractivity contribution < 1.29 is 19.5 Å². The molecule has 1 aromatic carbocycles. The van der Waals surface area contributed by atoms with Crippen LogP contribution in [-0.4, -0.2) is 25.9 Å². The molecule has 0 radical (unpaired) electrons. The van der Waals surface area contributed by atoms with Crippen molar-refractivity contribution >= 4 is 12.2 Å². The Balaban J connectivity index is 2.46. The van der Waals surface area contributed by atoms with Crippen LogP contribution in [0.2, 0.25) is 0 Å². The third-order valence-electron chi connectivity index (χ3n) is 1.80. The number of carbonyl (C=O) groups is 1. The molecule has 0 bridgehead atoms. The Morgan fingerprint density at radius 1 is 1.50 bits per heavy atom. The molecule has 0 aromatic heterocycles. The van der Waals surface area contributed by atoms with E-state index in [1.165, 1.54) is 6.21 Å². The largest absolute Gasteiger partial charge is 0.550 e. The second kappa shape index (κ2) is 6.44. The SMILES string of the molecule is COc1ccccc1/C=N\OCCC(=O)[O-]. The summed E-state index contributed by atoms with van der Waals surface area (Å²) < 4.78 is 5.09. The number of carbonyl (C=O) groups excluding carboxylic acids is 1. The summed E-state index contributed by atoms with van der Waals surface area (Å²) in [7, 11) is 1.56. The van der Waals surface area contributed by atoms with Gasteiger partial charge in [0.1, 0.15) is 12.4 Å². The molecule has 1 rings (SSSR count). The zero-order chi connectivity index (χ0) is 11.8. The highest BCUT2D eigenvalue weighted by Gasteiger charge is 1.97. The summed E-state index contributed by atoms with van der Waals surface area (Å²) in [5.41, 5.74) is 0.762. The molecule has 0 aliphatic heterocycles. The number of hydrogen-bond acceptors (Lipinski definition) is 5. The van der Waals surface area contributed by atoms with Gasteiger partial charge in [-0.2, -0.15) is 0 Å². The third kappa shape index (κ3) is 4.00. The van der Waals surface area contributed by atoms with Crippen LogP contribution in [0.5, 0.6) is 5.75 Å². The zero-order valence-electron chi connectivity index (χ0n) is 8.88. The van der Waals surface area contributed by atoms with Crippen LogP contribution in [0.25, 0.3) is 0 Å². The summed E-state index contributed by atoms with van der Waals surface area (Å²) in [5, 5.41) is 13.7. The van der Waals surface area contributed by atoms with Gasteiger partial charge < -0.3 is 19.5 Å². The molecule has 86 valence electrons. The van der Waals surface area contributed by atoms with Crippen molar-refractivity contribution in [1.82, 2.24) is 0 Å². The number of oxime groups is 1. The van der Waals surface area contributed by atoms with E-state index < -0.39 is 5.97 Å². The molecule has 0 spiro atoms. The molecule has 0 saturated heterocycles. The zero-order valence-corrected chi connectivity index (χ0v) is 8.88. The topological polar surface area (TPSA) is 71.0 Å². The van der Waals surface area contributed by atoms with Crippen LogP contribution < -0.4 is 9.84 Å². The average molecular weight is 222 g/mol. The van der Waals surface area contributed by atoms with Crippen molar-refractivity contribution in [3.8, 4) is 5.75 Å². The van der Waals surface area contributed by atoms with Crippen LogP contribution in [0.1, 0.15) is 12.0 Å². The predicted octanol–water partition coefficient (Wildman–Crippen LogP) is 0.186. The molecule has 0 aliphatic rings. The molecule has 0 aliphatic carbocycles. The second-order valence-electron chi connectivity index (χ2n) is 2.93. The molecule has 5 nitrogen and oxygen atoms in total. The minimum atomic E-state index is -1.16. The van der Waals surface area contributed by atoms with Crippen LogP contribution in [-0.2, 0) is 9.63 Å². The lowest BCUT2D eigenvalue weighted by Crippen LogP contribution is -2.23. The number of benzene rings is 1. The van der Waals surface area contributed by atoms with Crippen molar-refractivity contribution in [2.24, 2.45) is 5.16 Å². The monoisotopic (exact) mass is 222 g/mol. The van der Waals surface area contributed by atoms with E-state index in [4.69, 9.17) is 9.57 Å². The fraction of sp³-hybridized carbons (Fsp3) is 0.273. The van der Waals surface area contributed by atoms with Gasteiger partial charge in [0.25, 0.3) is 0 Å².